The zero-order valence-corrected chi connectivity index (χ0v) is 20.1. The molecule has 0 N–H and O–H groups in total. The van der Waals surface area contributed by atoms with Gasteiger partial charge in [0, 0.05) is 26.2 Å². The van der Waals surface area contributed by atoms with Gasteiger partial charge in [-0.05, 0) is 92.7 Å². The number of amides is 2. The van der Waals surface area contributed by atoms with E-state index in [0.717, 1.165) is 48.9 Å². The van der Waals surface area contributed by atoms with Crippen LogP contribution in [0.25, 0.3) is 0 Å². The van der Waals surface area contributed by atoms with Crippen molar-refractivity contribution in [2.75, 3.05) is 23.9 Å². The van der Waals surface area contributed by atoms with Crippen LogP contribution >= 0.6 is 12.2 Å². The highest BCUT2D eigenvalue weighted by atomic mass is 32.1. The van der Waals surface area contributed by atoms with Gasteiger partial charge in [-0.2, -0.15) is 5.26 Å². The molecule has 1 aliphatic heterocycles. The zero-order valence-electron chi connectivity index (χ0n) is 19.3. The average Bonchev–Trinajstić information content (AvgIpc) is 3.00. The molecule has 1 spiro atoms. The van der Waals surface area contributed by atoms with Crippen LogP contribution in [0.2, 0.25) is 0 Å². The Bertz CT molecular complexity index is 1150. The van der Waals surface area contributed by atoms with Crippen LogP contribution in [0.15, 0.2) is 42.5 Å². The van der Waals surface area contributed by atoms with E-state index in [1.807, 2.05) is 30.0 Å². The Kier molecular flexibility index (Phi) is 6.22. The molecule has 2 aliphatic rings. The molecule has 1 saturated carbocycles. The van der Waals surface area contributed by atoms with Gasteiger partial charge in [0.25, 0.3) is 5.91 Å². The standard InChI is InChI=1S/C26H28N4O2S/c1-18-16-22(13-10-20(18)17-27)29-24(32)26(14-5-15-26)30(25(29)33)21-11-8-19(9-12-21)6-4-7-23(31)28(2)3/h8-13,16H,4-7,14-15H2,1-3H3. The summed E-state index contributed by atoms with van der Waals surface area (Å²) in [5, 5.41) is 9.72. The van der Waals surface area contributed by atoms with E-state index in [1.165, 1.54) is 0 Å². The normalized spacial score (nSPS) is 16.7. The lowest BCUT2D eigenvalue weighted by atomic mass is 9.75. The van der Waals surface area contributed by atoms with E-state index in [9.17, 15) is 14.9 Å². The Morgan fingerprint density at radius 1 is 1.15 bits per heavy atom. The zero-order chi connectivity index (χ0) is 23.8. The smallest absolute Gasteiger partial charge is 0.259 e. The number of thiocarbonyl (C=S) groups is 1. The molecule has 2 fully saturated rings. The largest absolute Gasteiger partial charge is 0.349 e. The van der Waals surface area contributed by atoms with Crippen LogP contribution < -0.4 is 9.80 Å². The summed E-state index contributed by atoms with van der Waals surface area (Å²) in [6.45, 7) is 1.87. The third-order valence-corrected chi connectivity index (χ3v) is 7.10. The van der Waals surface area contributed by atoms with E-state index in [-0.39, 0.29) is 11.8 Å². The van der Waals surface area contributed by atoms with Crippen molar-refractivity contribution >= 4 is 40.5 Å². The molecule has 0 aromatic heterocycles. The molecule has 7 heteroatoms. The number of rotatable bonds is 6. The van der Waals surface area contributed by atoms with Gasteiger partial charge in [-0.3, -0.25) is 14.5 Å². The summed E-state index contributed by atoms with van der Waals surface area (Å²) in [4.78, 5) is 30.7. The van der Waals surface area contributed by atoms with Gasteiger partial charge >= 0.3 is 0 Å². The second-order valence-electron chi connectivity index (χ2n) is 9.06. The van der Waals surface area contributed by atoms with E-state index >= 15 is 0 Å². The molecule has 6 nitrogen and oxygen atoms in total. The summed E-state index contributed by atoms with van der Waals surface area (Å²) in [6, 6.07) is 15.7. The van der Waals surface area contributed by atoms with Crippen molar-refractivity contribution in [3.05, 3.63) is 59.2 Å². The van der Waals surface area contributed by atoms with Crippen molar-refractivity contribution in [2.24, 2.45) is 0 Å². The van der Waals surface area contributed by atoms with Crippen molar-refractivity contribution in [3.63, 3.8) is 0 Å². The summed E-state index contributed by atoms with van der Waals surface area (Å²) in [5.41, 5.74) is 3.56. The number of aryl methyl sites for hydroxylation is 2. The lowest BCUT2D eigenvalue weighted by Crippen LogP contribution is -2.55. The van der Waals surface area contributed by atoms with E-state index in [2.05, 4.69) is 18.2 Å². The van der Waals surface area contributed by atoms with E-state index in [0.29, 0.717) is 22.8 Å². The van der Waals surface area contributed by atoms with Crippen LogP contribution in [0.4, 0.5) is 11.4 Å². The van der Waals surface area contributed by atoms with Crippen LogP contribution in [0.5, 0.6) is 0 Å². The number of nitriles is 1. The number of nitrogens with zero attached hydrogens (tertiary/aromatic N) is 4. The van der Waals surface area contributed by atoms with Crippen molar-refractivity contribution in [3.8, 4) is 6.07 Å². The fraction of sp³-hybridized carbons (Fsp3) is 0.385. The Morgan fingerprint density at radius 3 is 2.36 bits per heavy atom. The average molecular weight is 461 g/mol. The molecule has 2 aromatic rings. The van der Waals surface area contributed by atoms with Gasteiger partial charge in [-0.1, -0.05) is 12.1 Å². The minimum atomic E-state index is -0.626. The quantitative estimate of drug-likeness (QED) is 0.600. The highest BCUT2D eigenvalue weighted by Crippen LogP contribution is 2.47. The molecule has 1 aliphatic carbocycles. The molecule has 1 heterocycles. The maximum Gasteiger partial charge on any atom is 0.259 e. The number of hydrogen-bond donors (Lipinski definition) is 0. The van der Waals surface area contributed by atoms with Crippen LogP contribution in [0.3, 0.4) is 0 Å². The van der Waals surface area contributed by atoms with Crippen molar-refractivity contribution in [2.45, 2.75) is 51.0 Å². The van der Waals surface area contributed by atoms with Crippen LogP contribution in [-0.2, 0) is 16.0 Å². The van der Waals surface area contributed by atoms with E-state index in [4.69, 9.17) is 12.2 Å². The van der Waals surface area contributed by atoms with Crippen molar-refractivity contribution in [1.82, 2.24) is 4.90 Å². The van der Waals surface area contributed by atoms with Crippen molar-refractivity contribution < 1.29 is 9.59 Å². The molecule has 2 aromatic carbocycles. The maximum atomic E-state index is 13.6. The molecule has 2 amide bonds. The highest BCUT2D eigenvalue weighted by molar-refractivity contribution is 7.81. The maximum absolute atomic E-state index is 13.6. The predicted molar refractivity (Wildman–Crippen MR) is 133 cm³/mol. The molecule has 1 saturated heterocycles. The molecular formula is C26H28N4O2S. The Hall–Kier alpha value is -3.24. The fourth-order valence-corrected chi connectivity index (χ4v) is 5.07. The first-order valence-corrected chi connectivity index (χ1v) is 11.7. The number of benzene rings is 2. The van der Waals surface area contributed by atoms with Gasteiger partial charge in [0.15, 0.2) is 5.11 Å². The van der Waals surface area contributed by atoms with Crippen LogP contribution in [-0.4, -0.2) is 41.5 Å². The monoisotopic (exact) mass is 460 g/mol. The summed E-state index contributed by atoms with van der Waals surface area (Å²) in [7, 11) is 3.55. The second-order valence-corrected chi connectivity index (χ2v) is 9.43. The minimum absolute atomic E-state index is 0.00846. The van der Waals surface area contributed by atoms with Gasteiger partial charge < -0.3 is 9.80 Å². The van der Waals surface area contributed by atoms with E-state index < -0.39 is 5.54 Å². The van der Waals surface area contributed by atoms with Crippen molar-refractivity contribution in [1.29, 1.82) is 5.26 Å². The number of carbonyl (C=O) groups excluding carboxylic acids is 2. The number of carbonyl (C=O) groups is 2. The third-order valence-electron chi connectivity index (χ3n) is 6.73. The number of hydrogen-bond acceptors (Lipinski definition) is 4. The molecule has 0 bridgehead atoms. The summed E-state index contributed by atoms with van der Waals surface area (Å²) in [5.74, 6) is 0.145. The first kappa shape index (κ1) is 22.9. The SMILES string of the molecule is Cc1cc(N2C(=O)C3(CCC3)N(c3ccc(CCCC(=O)N(C)C)cc3)C2=S)ccc1C#N. The molecule has 0 unspecified atom stereocenters. The highest BCUT2D eigenvalue weighted by Gasteiger charge is 2.59. The molecular weight excluding hydrogens is 432 g/mol. The molecule has 4 rings (SSSR count). The lowest BCUT2D eigenvalue weighted by molar-refractivity contribution is -0.128. The summed E-state index contributed by atoms with van der Waals surface area (Å²) >= 11 is 5.84. The van der Waals surface area contributed by atoms with Gasteiger partial charge in [-0.15, -0.1) is 0 Å². The second kappa shape index (κ2) is 8.95. The Balaban J connectivity index is 1.56. The predicted octanol–water partition coefficient (Wildman–Crippen LogP) is 4.34. The van der Waals surface area contributed by atoms with Gasteiger partial charge in [0.1, 0.15) is 5.54 Å². The summed E-state index contributed by atoms with van der Waals surface area (Å²) < 4.78 is 0. The van der Waals surface area contributed by atoms with Gasteiger partial charge in [-0.25, -0.2) is 0 Å². The summed E-state index contributed by atoms with van der Waals surface area (Å²) in [6.07, 6.45) is 4.68. The lowest BCUT2D eigenvalue weighted by Gasteiger charge is -2.43. The minimum Gasteiger partial charge on any atom is -0.349 e. The molecule has 0 atom stereocenters. The molecule has 0 radical (unpaired) electrons. The first-order chi connectivity index (χ1) is 15.8. The van der Waals surface area contributed by atoms with Gasteiger partial charge in [0.05, 0.1) is 17.3 Å². The fourth-order valence-electron chi connectivity index (χ4n) is 4.60. The van der Waals surface area contributed by atoms with E-state index in [1.54, 1.807) is 36.0 Å². The molecule has 33 heavy (non-hydrogen) atoms. The van der Waals surface area contributed by atoms with Crippen LogP contribution in [0, 0.1) is 18.3 Å². The number of anilines is 2. The Morgan fingerprint density at radius 2 is 1.82 bits per heavy atom. The third kappa shape index (κ3) is 4.00. The topological polar surface area (TPSA) is 67.7 Å². The Labute approximate surface area is 200 Å². The molecule has 170 valence electrons. The first-order valence-electron chi connectivity index (χ1n) is 11.3. The van der Waals surface area contributed by atoms with Crippen LogP contribution in [0.1, 0.15) is 48.8 Å². The van der Waals surface area contributed by atoms with Gasteiger partial charge in [0.2, 0.25) is 5.91 Å².